The molecule has 12 heavy (non-hydrogen) atoms. The number of hydrogen-bond acceptors (Lipinski definition) is 1. The molecule has 0 atom stereocenters. The second kappa shape index (κ2) is 3.99. The van der Waals surface area contributed by atoms with Gasteiger partial charge in [0, 0.05) is 0 Å². The van der Waals surface area contributed by atoms with Gasteiger partial charge < -0.3 is 5.11 Å². The summed E-state index contributed by atoms with van der Waals surface area (Å²) in [4.78, 5) is 0. The summed E-state index contributed by atoms with van der Waals surface area (Å²) in [5.41, 5.74) is 0. The fourth-order valence-corrected chi connectivity index (χ4v) is 1.48. The van der Waals surface area contributed by atoms with Crippen LogP contribution in [-0.4, -0.2) is 17.6 Å². The van der Waals surface area contributed by atoms with Crippen molar-refractivity contribution in [3.63, 3.8) is 0 Å². The van der Waals surface area contributed by atoms with Crippen LogP contribution < -0.4 is 0 Å². The lowest BCUT2D eigenvalue weighted by molar-refractivity contribution is -0.00526. The van der Waals surface area contributed by atoms with E-state index >= 15 is 0 Å². The van der Waals surface area contributed by atoms with E-state index in [0.29, 0.717) is 5.92 Å². The maximum absolute atomic E-state index is 12.5. The van der Waals surface area contributed by atoms with Crippen molar-refractivity contribution >= 4 is 0 Å². The Balaban J connectivity index is 2.37. The predicted octanol–water partition coefficient (Wildman–Crippen LogP) is 2.36. The summed E-state index contributed by atoms with van der Waals surface area (Å²) in [6, 6.07) is 0. The average molecular weight is 176 g/mol. The van der Waals surface area contributed by atoms with Crippen LogP contribution in [0.2, 0.25) is 0 Å². The first-order chi connectivity index (χ1) is 5.64. The minimum atomic E-state index is -3.03. The number of rotatable bonds is 3. The van der Waals surface area contributed by atoms with Gasteiger partial charge in [-0.05, 0) is 24.8 Å². The molecule has 1 saturated carbocycles. The molecule has 1 aliphatic rings. The predicted molar refractivity (Wildman–Crippen MR) is 43.1 cm³/mol. The van der Waals surface area contributed by atoms with Gasteiger partial charge >= 0.3 is 0 Å². The fraction of sp³-hybridized carbons (Fsp3) is 0.778. The van der Waals surface area contributed by atoms with E-state index in [0.717, 1.165) is 31.8 Å². The lowest BCUT2D eigenvalue weighted by atomic mass is 10.1. The van der Waals surface area contributed by atoms with Crippen LogP contribution >= 0.6 is 0 Å². The Hall–Kier alpha value is -0.440. The monoisotopic (exact) mass is 176 g/mol. The van der Waals surface area contributed by atoms with Crippen molar-refractivity contribution in [2.24, 2.45) is 5.92 Å². The zero-order valence-electron chi connectivity index (χ0n) is 6.97. The van der Waals surface area contributed by atoms with Crippen molar-refractivity contribution in [3.05, 3.63) is 12.2 Å². The Bertz CT molecular complexity index is 160. The fourth-order valence-electron chi connectivity index (χ4n) is 1.48. The SMILES string of the molecule is OCC(F)(F)/C=C/C1CCCC1. The van der Waals surface area contributed by atoms with Crippen LogP contribution in [-0.2, 0) is 0 Å². The van der Waals surface area contributed by atoms with Gasteiger partial charge in [-0.1, -0.05) is 18.9 Å². The van der Waals surface area contributed by atoms with Gasteiger partial charge in [0.25, 0.3) is 5.92 Å². The summed E-state index contributed by atoms with van der Waals surface area (Å²) in [5, 5.41) is 8.27. The van der Waals surface area contributed by atoms with E-state index in [2.05, 4.69) is 0 Å². The molecule has 0 bridgehead atoms. The molecule has 0 aromatic rings. The topological polar surface area (TPSA) is 20.2 Å². The highest BCUT2D eigenvalue weighted by atomic mass is 19.3. The van der Waals surface area contributed by atoms with Crippen molar-refractivity contribution in [1.29, 1.82) is 0 Å². The van der Waals surface area contributed by atoms with Crippen LogP contribution in [0.3, 0.4) is 0 Å². The standard InChI is InChI=1S/C9H14F2O/c10-9(11,7-12)6-5-8-3-1-2-4-8/h5-6,8,12H,1-4,7H2/b6-5+. The van der Waals surface area contributed by atoms with Crippen LogP contribution in [0.1, 0.15) is 25.7 Å². The van der Waals surface area contributed by atoms with Crippen molar-refractivity contribution in [2.75, 3.05) is 6.61 Å². The normalized spacial score (nSPS) is 20.9. The number of allylic oxidation sites excluding steroid dienone is 1. The number of hydrogen-bond donors (Lipinski definition) is 1. The molecule has 3 heteroatoms. The Labute approximate surface area is 71.1 Å². The first kappa shape index (κ1) is 9.65. The minimum Gasteiger partial charge on any atom is -0.390 e. The van der Waals surface area contributed by atoms with E-state index < -0.39 is 12.5 Å². The molecule has 1 fully saturated rings. The molecule has 0 amide bonds. The second-order valence-corrected chi connectivity index (χ2v) is 3.32. The molecule has 1 N–H and O–H groups in total. The third-order valence-electron chi connectivity index (χ3n) is 2.22. The molecular weight excluding hydrogens is 162 g/mol. The van der Waals surface area contributed by atoms with Crippen LogP contribution in [0.5, 0.6) is 0 Å². The Kier molecular flexibility index (Phi) is 3.20. The number of halogens is 2. The van der Waals surface area contributed by atoms with Gasteiger partial charge in [-0.2, -0.15) is 8.78 Å². The molecule has 0 radical (unpaired) electrons. The van der Waals surface area contributed by atoms with Crippen LogP contribution in [0, 0.1) is 5.92 Å². The summed E-state index contributed by atoms with van der Waals surface area (Å²) in [5.74, 6) is -2.72. The lowest BCUT2D eigenvalue weighted by Gasteiger charge is -2.08. The highest BCUT2D eigenvalue weighted by molar-refractivity contribution is 4.98. The summed E-state index contributed by atoms with van der Waals surface area (Å²) < 4.78 is 24.9. The third-order valence-corrected chi connectivity index (χ3v) is 2.22. The van der Waals surface area contributed by atoms with Gasteiger partial charge in [0.05, 0.1) is 0 Å². The first-order valence-corrected chi connectivity index (χ1v) is 4.32. The number of aliphatic hydroxyl groups excluding tert-OH is 1. The number of aliphatic hydroxyl groups is 1. The largest absolute Gasteiger partial charge is 0.390 e. The van der Waals surface area contributed by atoms with Crippen LogP contribution in [0.4, 0.5) is 8.78 Å². The number of alkyl halides is 2. The van der Waals surface area contributed by atoms with E-state index in [1.807, 2.05) is 0 Å². The molecule has 1 nitrogen and oxygen atoms in total. The van der Waals surface area contributed by atoms with Crippen LogP contribution in [0.15, 0.2) is 12.2 Å². The Morgan fingerprint density at radius 2 is 1.92 bits per heavy atom. The van der Waals surface area contributed by atoms with E-state index in [1.165, 1.54) is 0 Å². The highest BCUT2D eigenvalue weighted by Crippen LogP contribution is 2.27. The van der Waals surface area contributed by atoms with E-state index in [-0.39, 0.29) is 0 Å². The molecular formula is C9H14F2O. The van der Waals surface area contributed by atoms with Crippen molar-refractivity contribution < 1.29 is 13.9 Å². The molecule has 1 aliphatic carbocycles. The molecule has 0 aliphatic heterocycles. The van der Waals surface area contributed by atoms with E-state index in [9.17, 15) is 8.78 Å². The molecule has 0 aromatic carbocycles. The van der Waals surface area contributed by atoms with E-state index in [1.54, 1.807) is 6.08 Å². The summed E-state index contributed by atoms with van der Waals surface area (Å²) in [7, 11) is 0. The quantitative estimate of drug-likeness (QED) is 0.654. The van der Waals surface area contributed by atoms with Gasteiger partial charge in [-0.3, -0.25) is 0 Å². The van der Waals surface area contributed by atoms with Gasteiger partial charge in [0.1, 0.15) is 6.61 Å². The summed E-state index contributed by atoms with van der Waals surface area (Å²) in [6.45, 7) is -1.09. The molecule has 70 valence electrons. The van der Waals surface area contributed by atoms with Gasteiger partial charge in [0.15, 0.2) is 0 Å². The molecule has 0 aromatic heterocycles. The van der Waals surface area contributed by atoms with Crippen molar-refractivity contribution in [3.8, 4) is 0 Å². The molecule has 0 saturated heterocycles. The van der Waals surface area contributed by atoms with E-state index in [4.69, 9.17) is 5.11 Å². The van der Waals surface area contributed by atoms with Gasteiger partial charge in [0.2, 0.25) is 0 Å². The highest BCUT2D eigenvalue weighted by Gasteiger charge is 2.24. The van der Waals surface area contributed by atoms with Gasteiger partial charge in [-0.15, -0.1) is 0 Å². The third kappa shape index (κ3) is 2.89. The smallest absolute Gasteiger partial charge is 0.289 e. The minimum absolute atomic E-state index is 0.308. The summed E-state index contributed by atoms with van der Waals surface area (Å²) in [6.07, 6.45) is 6.68. The zero-order chi connectivity index (χ0) is 9.03. The van der Waals surface area contributed by atoms with Crippen molar-refractivity contribution in [2.45, 2.75) is 31.6 Å². The second-order valence-electron chi connectivity index (χ2n) is 3.32. The molecule has 0 spiro atoms. The molecule has 1 rings (SSSR count). The molecule has 0 heterocycles. The van der Waals surface area contributed by atoms with Crippen LogP contribution in [0.25, 0.3) is 0 Å². The maximum atomic E-state index is 12.5. The average Bonchev–Trinajstić information content (AvgIpc) is 2.53. The van der Waals surface area contributed by atoms with Crippen molar-refractivity contribution in [1.82, 2.24) is 0 Å². The van der Waals surface area contributed by atoms with Gasteiger partial charge in [-0.25, -0.2) is 0 Å². The maximum Gasteiger partial charge on any atom is 0.289 e. The first-order valence-electron chi connectivity index (χ1n) is 4.32. The molecule has 0 unspecified atom stereocenters. The Morgan fingerprint density at radius 1 is 1.33 bits per heavy atom. The Morgan fingerprint density at radius 3 is 2.42 bits per heavy atom. The zero-order valence-corrected chi connectivity index (χ0v) is 6.97. The summed E-state index contributed by atoms with van der Waals surface area (Å²) >= 11 is 0. The lowest BCUT2D eigenvalue weighted by Crippen LogP contribution is -2.17.